The van der Waals surface area contributed by atoms with E-state index in [0.717, 1.165) is 32.3 Å². The van der Waals surface area contributed by atoms with E-state index in [1.54, 1.807) is 23.8 Å². The van der Waals surface area contributed by atoms with Crippen molar-refractivity contribution in [3.63, 3.8) is 0 Å². The molecule has 0 radical (unpaired) electrons. The molecule has 0 unspecified atom stereocenters. The van der Waals surface area contributed by atoms with Gasteiger partial charge in [0.25, 0.3) is 0 Å². The molecular weight excluding hydrogens is 394 g/mol. The molecule has 0 saturated heterocycles. The highest BCUT2D eigenvalue weighted by Gasteiger charge is 2.23. The molecule has 0 bridgehead atoms. The molecule has 1 aliphatic heterocycles. The van der Waals surface area contributed by atoms with Gasteiger partial charge in [0.05, 0.1) is 23.0 Å². The SMILES string of the molecule is COc1ccc2nc(NC(=O)CCC(=O)N3CCSc4ccccc43)sc2c1. The molecule has 1 aliphatic rings. The molecule has 4 rings (SSSR count). The number of nitrogens with zero attached hydrogens (tertiary/aromatic N) is 2. The quantitative estimate of drug-likeness (QED) is 0.680. The fourth-order valence-electron chi connectivity index (χ4n) is 3.05. The van der Waals surface area contributed by atoms with E-state index in [1.807, 2.05) is 42.5 Å². The second-order valence-corrected chi connectivity index (χ2v) is 8.43. The van der Waals surface area contributed by atoms with Crippen LogP contribution < -0.4 is 15.0 Å². The largest absolute Gasteiger partial charge is 0.497 e. The Balaban J connectivity index is 1.36. The van der Waals surface area contributed by atoms with Gasteiger partial charge in [-0.1, -0.05) is 23.5 Å². The number of aromatic nitrogens is 1. The Kier molecular flexibility index (Phi) is 5.50. The van der Waals surface area contributed by atoms with Crippen LogP contribution in [0, 0.1) is 0 Å². The summed E-state index contributed by atoms with van der Waals surface area (Å²) in [7, 11) is 1.61. The summed E-state index contributed by atoms with van der Waals surface area (Å²) in [5, 5.41) is 3.33. The molecule has 0 spiro atoms. The van der Waals surface area contributed by atoms with Crippen LogP contribution in [0.2, 0.25) is 0 Å². The van der Waals surface area contributed by atoms with Gasteiger partial charge in [-0.25, -0.2) is 4.98 Å². The number of hydrogen-bond acceptors (Lipinski definition) is 6. The lowest BCUT2D eigenvalue weighted by atomic mass is 10.2. The van der Waals surface area contributed by atoms with E-state index in [9.17, 15) is 9.59 Å². The molecule has 2 amide bonds. The Bertz CT molecular complexity index is 1030. The summed E-state index contributed by atoms with van der Waals surface area (Å²) in [6, 6.07) is 13.5. The second kappa shape index (κ2) is 8.20. The number of rotatable bonds is 5. The van der Waals surface area contributed by atoms with Gasteiger partial charge in [0.2, 0.25) is 11.8 Å². The number of anilines is 2. The van der Waals surface area contributed by atoms with Crippen molar-refractivity contribution in [2.75, 3.05) is 29.6 Å². The first-order chi connectivity index (χ1) is 13.6. The van der Waals surface area contributed by atoms with Crippen molar-refractivity contribution in [1.29, 1.82) is 0 Å². The summed E-state index contributed by atoms with van der Waals surface area (Å²) in [6.07, 6.45) is 0.299. The Morgan fingerprint density at radius 3 is 2.93 bits per heavy atom. The Morgan fingerprint density at radius 2 is 2.07 bits per heavy atom. The molecule has 0 saturated carbocycles. The highest BCUT2D eigenvalue weighted by molar-refractivity contribution is 7.99. The number of para-hydroxylation sites is 1. The maximum atomic E-state index is 12.6. The Hall–Kier alpha value is -2.58. The average molecular weight is 414 g/mol. The standard InChI is InChI=1S/C20H19N3O3S2/c1-26-13-6-7-14-17(12-13)28-20(21-14)22-18(24)8-9-19(25)23-10-11-27-16-5-3-2-4-15(16)23/h2-7,12H,8-11H2,1H3,(H,21,22,24). The summed E-state index contributed by atoms with van der Waals surface area (Å²) >= 11 is 3.14. The van der Waals surface area contributed by atoms with E-state index >= 15 is 0 Å². The van der Waals surface area contributed by atoms with Crippen LogP contribution in [0.25, 0.3) is 10.2 Å². The zero-order valence-electron chi connectivity index (χ0n) is 15.3. The molecule has 1 aromatic heterocycles. The smallest absolute Gasteiger partial charge is 0.227 e. The molecule has 2 aromatic carbocycles. The monoisotopic (exact) mass is 413 g/mol. The lowest BCUT2D eigenvalue weighted by Crippen LogP contribution is -2.35. The van der Waals surface area contributed by atoms with Crippen LogP contribution in [0.3, 0.4) is 0 Å². The Labute approximate surface area is 170 Å². The van der Waals surface area contributed by atoms with E-state index in [4.69, 9.17) is 4.74 Å². The van der Waals surface area contributed by atoms with Crippen molar-refractivity contribution >= 4 is 55.9 Å². The summed E-state index contributed by atoms with van der Waals surface area (Å²) < 4.78 is 6.15. The minimum atomic E-state index is -0.209. The number of thioether (sulfide) groups is 1. The van der Waals surface area contributed by atoms with Crippen LogP contribution in [0.15, 0.2) is 47.4 Å². The zero-order chi connectivity index (χ0) is 19.5. The van der Waals surface area contributed by atoms with Crippen molar-refractivity contribution in [3.05, 3.63) is 42.5 Å². The summed E-state index contributed by atoms with van der Waals surface area (Å²) in [5.41, 5.74) is 1.74. The van der Waals surface area contributed by atoms with Gasteiger partial charge in [0.15, 0.2) is 5.13 Å². The number of ether oxygens (including phenoxy) is 1. The number of benzene rings is 2. The summed E-state index contributed by atoms with van der Waals surface area (Å²) in [6.45, 7) is 0.668. The number of fused-ring (bicyclic) bond motifs is 2. The van der Waals surface area contributed by atoms with Crippen LogP contribution in [0.4, 0.5) is 10.8 Å². The molecule has 28 heavy (non-hydrogen) atoms. The number of nitrogens with one attached hydrogen (secondary N) is 1. The van der Waals surface area contributed by atoms with E-state index in [0.29, 0.717) is 11.7 Å². The van der Waals surface area contributed by atoms with Crippen molar-refractivity contribution in [3.8, 4) is 5.75 Å². The third kappa shape index (κ3) is 3.98. The van der Waals surface area contributed by atoms with Crippen LogP contribution >= 0.6 is 23.1 Å². The molecule has 3 aromatic rings. The lowest BCUT2D eigenvalue weighted by molar-refractivity contribution is -0.122. The van der Waals surface area contributed by atoms with Crippen LogP contribution in [-0.2, 0) is 9.59 Å². The molecule has 2 heterocycles. The van der Waals surface area contributed by atoms with E-state index in [2.05, 4.69) is 10.3 Å². The highest BCUT2D eigenvalue weighted by atomic mass is 32.2. The van der Waals surface area contributed by atoms with E-state index < -0.39 is 0 Å². The van der Waals surface area contributed by atoms with E-state index in [1.165, 1.54) is 11.3 Å². The maximum absolute atomic E-state index is 12.6. The van der Waals surface area contributed by atoms with Gasteiger partial charge < -0.3 is 15.0 Å². The predicted molar refractivity (Wildman–Crippen MR) is 114 cm³/mol. The van der Waals surface area contributed by atoms with Crippen molar-refractivity contribution in [2.24, 2.45) is 0 Å². The minimum absolute atomic E-state index is 0.0306. The molecule has 1 N–H and O–H groups in total. The average Bonchev–Trinajstić information content (AvgIpc) is 3.12. The number of methoxy groups -OCH3 is 1. The normalized spacial score (nSPS) is 13.2. The molecule has 6 nitrogen and oxygen atoms in total. The van der Waals surface area contributed by atoms with Crippen LogP contribution in [0.5, 0.6) is 5.75 Å². The number of thiazole rings is 1. The van der Waals surface area contributed by atoms with Gasteiger partial charge in [-0.3, -0.25) is 9.59 Å². The van der Waals surface area contributed by atoms with Crippen molar-refractivity contribution < 1.29 is 14.3 Å². The molecule has 8 heteroatoms. The topological polar surface area (TPSA) is 71.5 Å². The van der Waals surface area contributed by atoms with Gasteiger partial charge in [-0.05, 0) is 30.3 Å². The van der Waals surface area contributed by atoms with Gasteiger partial charge in [0.1, 0.15) is 5.75 Å². The first-order valence-corrected chi connectivity index (χ1v) is 10.7. The van der Waals surface area contributed by atoms with Crippen LogP contribution in [0.1, 0.15) is 12.8 Å². The first kappa shape index (κ1) is 18.8. The van der Waals surface area contributed by atoms with E-state index in [-0.39, 0.29) is 24.7 Å². The summed E-state index contributed by atoms with van der Waals surface area (Å²) in [4.78, 5) is 32.2. The minimum Gasteiger partial charge on any atom is -0.497 e. The number of amides is 2. The van der Waals surface area contributed by atoms with Gasteiger partial charge in [-0.2, -0.15) is 0 Å². The lowest BCUT2D eigenvalue weighted by Gasteiger charge is -2.28. The summed E-state index contributed by atoms with van der Waals surface area (Å²) in [5.74, 6) is 1.37. The highest BCUT2D eigenvalue weighted by Crippen LogP contribution is 2.34. The van der Waals surface area contributed by atoms with Gasteiger partial charge in [-0.15, -0.1) is 11.8 Å². The first-order valence-electron chi connectivity index (χ1n) is 8.90. The number of carbonyl (C=O) groups excluding carboxylic acids is 2. The molecule has 144 valence electrons. The molecule has 0 atom stereocenters. The number of carbonyl (C=O) groups is 2. The fraction of sp³-hybridized carbons (Fsp3) is 0.250. The second-order valence-electron chi connectivity index (χ2n) is 6.26. The fourth-order valence-corrected chi connectivity index (χ4v) is 4.96. The van der Waals surface area contributed by atoms with Crippen molar-refractivity contribution in [1.82, 2.24) is 4.98 Å². The number of hydrogen-bond donors (Lipinski definition) is 1. The predicted octanol–water partition coefficient (Wildman–Crippen LogP) is 4.16. The van der Waals surface area contributed by atoms with Crippen LogP contribution in [-0.4, -0.2) is 36.2 Å². The third-order valence-corrected chi connectivity index (χ3v) is 6.41. The van der Waals surface area contributed by atoms with Crippen molar-refractivity contribution in [2.45, 2.75) is 17.7 Å². The molecule has 0 aliphatic carbocycles. The van der Waals surface area contributed by atoms with Gasteiger partial charge >= 0.3 is 0 Å². The Morgan fingerprint density at radius 1 is 1.21 bits per heavy atom. The third-order valence-electron chi connectivity index (χ3n) is 4.44. The molecule has 0 fully saturated rings. The zero-order valence-corrected chi connectivity index (χ0v) is 16.9. The van der Waals surface area contributed by atoms with Gasteiger partial charge in [0, 0.05) is 30.0 Å². The molecular formula is C20H19N3O3S2. The maximum Gasteiger partial charge on any atom is 0.227 e.